The number of ether oxygens (including phenoxy) is 2. The molecule has 7 heteroatoms. The summed E-state index contributed by atoms with van der Waals surface area (Å²) < 4.78 is 15.9. The zero-order chi connectivity index (χ0) is 23.6. The second-order valence-corrected chi connectivity index (χ2v) is 8.50. The second-order valence-electron chi connectivity index (χ2n) is 8.50. The van der Waals surface area contributed by atoms with Crippen molar-refractivity contribution in [3.63, 3.8) is 0 Å². The summed E-state index contributed by atoms with van der Waals surface area (Å²) in [5.74, 6) is -0.807. The van der Waals surface area contributed by atoms with Crippen molar-refractivity contribution < 1.29 is 23.5 Å². The van der Waals surface area contributed by atoms with E-state index in [1.54, 1.807) is 32.2 Å². The maximum absolute atomic E-state index is 12.6. The van der Waals surface area contributed by atoms with Crippen LogP contribution < -0.4 is 10.3 Å². The number of esters is 1. The van der Waals surface area contributed by atoms with Crippen molar-refractivity contribution in [2.24, 2.45) is 0 Å². The first-order chi connectivity index (χ1) is 15.0. The Morgan fingerprint density at radius 1 is 1.03 bits per heavy atom. The summed E-state index contributed by atoms with van der Waals surface area (Å²) in [5.41, 5.74) is 2.56. The molecule has 0 atom stereocenters. The van der Waals surface area contributed by atoms with Crippen molar-refractivity contribution in [3.05, 3.63) is 64.0 Å². The van der Waals surface area contributed by atoms with Gasteiger partial charge in [-0.1, -0.05) is 12.1 Å². The second kappa shape index (κ2) is 8.86. The predicted octanol–water partition coefficient (Wildman–Crippen LogP) is 5.32. The maximum atomic E-state index is 12.6. The number of rotatable bonds is 4. The SMILES string of the molecule is CCOC(=O)c1cc(=O)c2cc(-c3cc(C)cc(N(C)C(=O)OC(C)(C)C)c3)ccc2o1. The molecule has 0 unspecified atom stereocenters. The minimum Gasteiger partial charge on any atom is -0.460 e. The Hall–Kier alpha value is -3.61. The summed E-state index contributed by atoms with van der Waals surface area (Å²) in [6.45, 7) is 9.24. The van der Waals surface area contributed by atoms with Crippen LogP contribution in [0.25, 0.3) is 22.1 Å². The molecule has 0 saturated heterocycles. The van der Waals surface area contributed by atoms with Crippen LogP contribution in [0.4, 0.5) is 10.5 Å². The van der Waals surface area contributed by atoms with E-state index >= 15 is 0 Å². The van der Waals surface area contributed by atoms with Gasteiger partial charge in [-0.05, 0) is 75.6 Å². The Kier molecular flexibility index (Phi) is 6.39. The highest BCUT2D eigenvalue weighted by molar-refractivity contribution is 5.91. The summed E-state index contributed by atoms with van der Waals surface area (Å²) in [5, 5.41) is 0.346. The first-order valence-corrected chi connectivity index (χ1v) is 10.3. The molecule has 0 aliphatic heterocycles. The molecule has 0 aliphatic rings. The molecule has 0 fully saturated rings. The minimum absolute atomic E-state index is 0.131. The van der Waals surface area contributed by atoms with Crippen LogP contribution >= 0.6 is 0 Å². The van der Waals surface area contributed by atoms with Crippen LogP contribution in [-0.4, -0.2) is 31.3 Å². The minimum atomic E-state index is -0.677. The molecule has 2 aromatic carbocycles. The molecule has 3 aromatic rings. The molecule has 0 aliphatic carbocycles. The number of amides is 1. The normalized spacial score (nSPS) is 11.3. The molecule has 0 bridgehead atoms. The lowest BCUT2D eigenvalue weighted by atomic mass is 10.0. The molecule has 0 saturated carbocycles. The predicted molar refractivity (Wildman–Crippen MR) is 123 cm³/mol. The molecule has 1 heterocycles. The van der Waals surface area contributed by atoms with Gasteiger partial charge in [0.1, 0.15) is 11.2 Å². The van der Waals surface area contributed by atoms with Gasteiger partial charge < -0.3 is 13.9 Å². The first-order valence-electron chi connectivity index (χ1n) is 10.3. The van der Waals surface area contributed by atoms with Crippen LogP contribution in [0.5, 0.6) is 0 Å². The molecular formula is C25H27NO6. The van der Waals surface area contributed by atoms with Gasteiger partial charge in [0.05, 0.1) is 12.0 Å². The highest BCUT2D eigenvalue weighted by Crippen LogP contribution is 2.29. The van der Waals surface area contributed by atoms with Crippen molar-refractivity contribution in [1.29, 1.82) is 0 Å². The molecule has 1 amide bonds. The average Bonchev–Trinajstić information content (AvgIpc) is 2.71. The fourth-order valence-electron chi connectivity index (χ4n) is 3.20. The van der Waals surface area contributed by atoms with Crippen LogP contribution in [0.15, 0.2) is 51.7 Å². The zero-order valence-electron chi connectivity index (χ0n) is 19.1. The van der Waals surface area contributed by atoms with Gasteiger partial charge in [0, 0.05) is 18.8 Å². The lowest BCUT2D eigenvalue weighted by molar-refractivity contribution is 0.0489. The smallest absolute Gasteiger partial charge is 0.414 e. The van der Waals surface area contributed by atoms with Crippen molar-refractivity contribution in [2.45, 2.75) is 40.2 Å². The standard InChI is InChI=1S/C25H27NO6/c1-7-30-23(28)22-14-20(27)19-13-16(8-9-21(19)31-22)17-10-15(2)11-18(12-17)26(6)24(29)32-25(3,4)5/h8-14H,7H2,1-6H3. The average molecular weight is 437 g/mol. The molecule has 7 nitrogen and oxygen atoms in total. The topological polar surface area (TPSA) is 86.1 Å². The van der Waals surface area contributed by atoms with E-state index in [-0.39, 0.29) is 17.8 Å². The number of carbonyl (C=O) groups is 2. The summed E-state index contributed by atoms with van der Waals surface area (Å²) in [6, 6.07) is 12.0. The van der Waals surface area contributed by atoms with Gasteiger partial charge in [-0.15, -0.1) is 0 Å². The van der Waals surface area contributed by atoms with Gasteiger partial charge in [0.2, 0.25) is 5.76 Å². The highest BCUT2D eigenvalue weighted by Gasteiger charge is 2.21. The largest absolute Gasteiger partial charge is 0.460 e. The quantitative estimate of drug-likeness (QED) is 0.514. The van der Waals surface area contributed by atoms with Crippen molar-refractivity contribution >= 4 is 28.7 Å². The fraction of sp³-hybridized carbons (Fsp3) is 0.320. The first kappa shape index (κ1) is 23.1. The molecule has 0 spiro atoms. The third-order valence-corrected chi connectivity index (χ3v) is 4.65. The van der Waals surface area contributed by atoms with Crippen molar-refractivity contribution in [2.75, 3.05) is 18.6 Å². The van der Waals surface area contributed by atoms with Crippen LogP contribution in [0.2, 0.25) is 0 Å². The van der Waals surface area contributed by atoms with Gasteiger partial charge in [-0.25, -0.2) is 9.59 Å². The van der Waals surface area contributed by atoms with Gasteiger partial charge in [-0.3, -0.25) is 9.69 Å². The Labute approximate surface area is 186 Å². The van der Waals surface area contributed by atoms with E-state index in [0.29, 0.717) is 16.7 Å². The zero-order valence-corrected chi connectivity index (χ0v) is 19.1. The van der Waals surface area contributed by atoms with Gasteiger partial charge >= 0.3 is 12.1 Å². The van der Waals surface area contributed by atoms with E-state index in [1.165, 1.54) is 4.90 Å². The Morgan fingerprint density at radius 3 is 2.41 bits per heavy atom. The van der Waals surface area contributed by atoms with Gasteiger partial charge in [0.25, 0.3) is 0 Å². The summed E-state index contributed by atoms with van der Waals surface area (Å²) in [4.78, 5) is 38.5. The summed E-state index contributed by atoms with van der Waals surface area (Å²) >= 11 is 0. The third-order valence-electron chi connectivity index (χ3n) is 4.65. The number of carbonyl (C=O) groups excluding carboxylic acids is 2. The monoisotopic (exact) mass is 437 g/mol. The number of nitrogens with zero attached hydrogens (tertiary/aromatic N) is 1. The fourth-order valence-corrected chi connectivity index (χ4v) is 3.20. The number of fused-ring (bicyclic) bond motifs is 1. The molecular weight excluding hydrogens is 410 g/mol. The van der Waals surface area contributed by atoms with E-state index in [2.05, 4.69) is 0 Å². The number of aryl methyl sites for hydroxylation is 1. The molecule has 32 heavy (non-hydrogen) atoms. The van der Waals surface area contributed by atoms with E-state index in [9.17, 15) is 14.4 Å². The van der Waals surface area contributed by atoms with Crippen molar-refractivity contribution in [1.82, 2.24) is 0 Å². The van der Waals surface area contributed by atoms with E-state index < -0.39 is 17.7 Å². The molecule has 168 valence electrons. The molecule has 0 radical (unpaired) electrons. The van der Waals surface area contributed by atoms with Crippen LogP contribution in [0.1, 0.15) is 43.8 Å². The molecule has 0 N–H and O–H groups in total. The Morgan fingerprint density at radius 2 is 1.75 bits per heavy atom. The Bertz CT molecular complexity index is 1240. The van der Waals surface area contributed by atoms with Crippen LogP contribution in [-0.2, 0) is 9.47 Å². The van der Waals surface area contributed by atoms with E-state index in [1.807, 2.05) is 45.9 Å². The van der Waals surface area contributed by atoms with Crippen LogP contribution in [0.3, 0.4) is 0 Å². The summed E-state index contributed by atoms with van der Waals surface area (Å²) in [6.07, 6.45) is -0.459. The Balaban J connectivity index is 2.01. The molecule has 3 rings (SSSR count). The number of hydrogen-bond acceptors (Lipinski definition) is 6. The number of anilines is 1. The van der Waals surface area contributed by atoms with Gasteiger partial charge in [0.15, 0.2) is 5.43 Å². The van der Waals surface area contributed by atoms with Crippen LogP contribution in [0, 0.1) is 6.92 Å². The van der Waals surface area contributed by atoms with E-state index in [0.717, 1.165) is 22.8 Å². The number of benzene rings is 2. The molecule has 1 aromatic heterocycles. The lowest BCUT2D eigenvalue weighted by Gasteiger charge is -2.25. The highest BCUT2D eigenvalue weighted by atomic mass is 16.6. The number of hydrogen-bond donors (Lipinski definition) is 0. The van der Waals surface area contributed by atoms with E-state index in [4.69, 9.17) is 13.9 Å². The van der Waals surface area contributed by atoms with Gasteiger partial charge in [-0.2, -0.15) is 0 Å². The van der Waals surface area contributed by atoms with Crippen molar-refractivity contribution in [3.8, 4) is 11.1 Å². The third kappa shape index (κ3) is 5.17. The maximum Gasteiger partial charge on any atom is 0.414 e. The summed E-state index contributed by atoms with van der Waals surface area (Å²) in [7, 11) is 1.65. The lowest BCUT2D eigenvalue weighted by Crippen LogP contribution is -2.34.